The minimum absolute atomic E-state index is 0. The summed E-state index contributed by atoms with van der Waals surface area (Å²) >= 11 is 0. The van der Waals surface area contributed by atoms with E-state index in [0.29, 0.717) is 6.54 Å². The Morgan fingerprint density at radius 3 is 0.929 bits per heavy atom. The molecule has 3 N–H and O–H groups in total. The van der Waals surface area contributed by atoms with Crippen LogP contribution in [0.4, 0.5) is 0 Å². The Hall–Kier alpha value is -3.26. The van der Waals surface area contributed by atoms with Crippen LogP contribution in [0.5, 0.6) is 0 Å². The van der Waals surface area contributed by atoms with E-state index >= 15 is 0 Å². The number of carboxylic acid groups (broad SMARTS) is 3. The van der Waals surface area contributed by atoms with Crippen LogP contribution in [0.15, 0.2) is 67.0 Å². The molecule has 2 rings (SSSR count). The number of rotatable bonds is 7. The maximum atomic E-state index is 10.1. The van der Waals surface area contributed by atoms with Gasteiger partial charge in [0.05, 0.1) is 13.1 Å². The van der Waals surface area contributed by atoms with E-state index in [0.717, 1.165) is 0 Å². The third kappa shape index (κ3) is 90.8. The second kappa shape index (κ2) is 66.2. The van der Waals surface area contributed by atoms with E-state index < -0.39 is 17.9 Å². The molecule has 2 aromatic rings. The maximum absolute atomic E-state index is 10.1. The first-order valence-electron chi connectivity index (χ1n) is 14.4. The second-order valence-electron chi connectivity index (χ2n) is 6.26. The lowest BCUT2D eigenvalue weighted by Gasteiger charge is -2.13. The average Bonchev–Trinajstić information content (AvgIpc) is 2.99. The zero-order valence-corrected chi connectivity index (χ0v) is 27.7. The lowest BCUT2D eigenvalue weighted by molar-refractivity contribution is -0.142. The van der Waals surface area contributed by atoms with Crippen molar-refractivity contribution in [3.05, 3.63) is 67.0 Å². The second-order valence-corrected chi connectivity index (χ2v) is 6.26. The molecule has 0 bridgehead atoms. The number of aliphatic carboxylic acids is 3. The number of pyridine rings is 1. The first kappa shape index (κ1) is 62.4. The van der Waals surface area contributed by atoms with E-state index in [-0.39, 0.29) is 40.3 Å². The molecular formula is C34H70N2O6. The summed E-state index contributed by atoms with van der Waals surface area (Å²) in [5.74, 6) is -2.45. The predicted octanol–water partition coefficient (Wildman–Crippen LogP) is 9.77. The summed E-state index contributed by atoms with van der Waals surface area (Å²) in [5.41, 5.74) is 0. The number of aromatic nitrogens is 1. The van der Waals surface area contributed by atoms with Gasteiger partial charge in [-0.3, -0.25) is 24.3 Å². The highest BCUT2D eigenvalue weighted by Crippen LogP contribution is 1.96. The van der Waals surface area contributed by atoms with Crippen molar-refractivity contribution in [2.75, 3.05) is 19.6 Å². The number of benzene rings is 1. The van der Waals surface area contributed by atoms with E-state index in [1.165, 1.54) is 4.90 Å². The van der Waals surface area contributed by atoms with Crippen LogP contribution in [0, 0.1) is 5.92 Å². The number of likely N-dealkylation sites (N-methyl/N-ethyl adjacent to an activating group) is 1. The molecule has 42 heavy (non-hydrogen) atoms. The average molecular weight is 603 g/mol. The van der Waals surface area contributed by atoms with E-state index in [1.807, 2.05) is 138 Å². The summed E-state index contributed by atoms with van der Waals surface area (Å²) in [6.07, 6.45) is 3.78. The molecule has 0 saturated carbocycles. The zero-order valence-electron chi connectivity index (χ0n) is 27.7. The third-order valence-corrected chi connectivity index (χ3v) is 2.98. The molecule has 252 valence electrons. The number of nitrogens with zero attached hydrogens (tertiary/aromatic N) is 2. The summed E-state index contributed by atoms with van der Waals surface area (Å²) < 4.78 is 0. The Kier molecular flexibility index (Phi) is 98.3. The van der Waals surface area contributed by atoms with Gasteiger partial charge in [-0.2, -0.15) is 0 Å². The van der Waals surface area contributed by atoms with Gasteiger partial charge in [-0.15, -0.1) is 0 Å². The van der Waals surface area contributed by atoms with Crippen molar-refractivity contribution in [1.82, 2.24) is 9.88 Å². The summed E-state index contributed by atoms with van der Waals surface area (Å²) in [4.78, 5) is 35.1. The van der Waals surface area contributed by atoms with Crippen LogP contribution in [0.25, 0.3) is 0 Å². The highest BCUT2D eigenvalue weighted by molar-refractivity contribution is 5.72. The summed E-state index contributed by atoms with van der Waals surface area (Å²) in [5, 5.41) is 24.7. The van der Waals surface area contributed by atoms with E-state index in [4.69, 9.17) is 15.3 Å². The predicted molar refractivity (Wildman–Crippen MR) is 185 cm³/mol. The number of carboxylic acids is 3. The zero-order chi connectivity index (χ0) is 33.2. The van der Waals surface area contributed by atoms with Gasteiger partial charge in [0.1, 0.15) is 0 Å². The van der Waals surface area contributed by atoms with Gasteiger partial charge in [-0.05, 0) is 24.6 Å². The van der Waals surface area contributed by atoms with Gasteiger partial charge in [-0.25, -0.2) is 0 Å². The Morgan fingerprint density at radius 2 is 0.833 bits per heavy atom. The number of hydrogen-bond donors (Lipinski definition) is 3. The molecule has 1 aromatic carbocycles. The lowest BCUT2D eigenvalue weighted by Crippen LogP contribution is -2.34. The Bertz CT molecular complexity index is 569. The Morgan fingerprint density at radius 1 is 0.571 bits per heavy atom. The van der Waals surface area contributed by atoms with Crippen LogP contribution in [0.3, 0.4) is 0 Å². The molecule has 0 spiro atoms. The molecule has 0 aliphatic heterocycles. The first-order valence-corrected chi connectivity index (χ1v) is 14.4. The molecule has 0 radical (unpaired) electrons. The minimum atomic E-state index is -1.01. The van der Waals surface area contributed by atoms with E-state index in [2.05, 4.69) is 4.98 Å². The molecule has 0 aliphatic carbocycles. The third-order valence-electron chi connectivity index (χ3n) is 2.98. The molecule has 8 heteroatoms. The van der Waals surface area contributed by atoms with Crippen LogP contribution in [-0.2, 0) is 14.4 Å². The summed E-state index contributed by atoms with van der Waals surface area (Å²) in [6, 6.07) is 17.7. The van der Waals surface area contributed by atoms with Crippen LogP contribution in [-0.4, -0.2) is 62.7 Å². The maximum Gasteiger partial charge on any atom is 0.317 e. The lowest BCUT2D eigenvalue weighted by atomic mass is 10.1. The number of hydrogen-bond acceptors (Lipinski definition) is 5. The van der Waals surface area contributed by atoms with E-state index in [9.17, 15) is 14.4 Å². The SMILES string of the molecule is C.C.CC.CC.CC.CC.CC.CC(C)CC(=O)O.CCN(CC(=O)O)CC(=O)O.c1ccccc1.c1ccncc1. The largest absolute Gasteiger partial charge is 0.481 e. The topological polar surface area (TPSA) is 128 Å². The normalized spacial score (nSPS) is 7.21. The fraction of sp³-hybridized carbons (Fsp3) is 0.588. The quantitative estimate of drug-likeness (QED) is 0.286. The van der Waals surface area contributed by atoms with Gasteiger partial charge < -0.3 is 15.3 Å². The fourth-order valence-electron chi connectivity index (χ4n) is 1.71. The molecule has 0 amide bonds. The molecule has 0 atom stereocenters. The van der Waals surface area contributed by atoms with Crippen molar-refractivity contribution < 1.29 is 29.7 Å². The van der Waals surface area contributed by atoms with Crippen molar-refractivity contribution in [2.45, 2.75) is 111 Å². The molecule has 0 fully saturated rings. The van der Waals surface area contributed by atoms with Crippen LogP contribution >= 0.6 is 0 Å². The van der Waals surface area contributed by atoms with Crippen LogP contribution in [0.1, 0.15) is 111 Å². The molecule has 0 saturated heterocycles. The first-order chi connectivity index (χ1) is 19.2. The van der Waals surface area contributed by atoms with Gasteiger partial charge in [0.25, 0.3) is 0 Å². The highest BCUT2D eigenvalue weighted by atomic mass is 16.4. The highest BCUT2D eigenvalue weighted by Gasteiger charge is 2.10. The monoisotopic (exact) mass is 603 g/mol. The van der Waals surface area contributed by atoms with Crippen LogP contribution < -0.4 is 0 Å². The van der Waals surface area contributed by atoms with Crippen LogP contribution in [0.2, 0.25) is 0 Å². The summed E-state index contributed by atoms with van der Waals surface area (Å²) in [6.45, 7) is 25.5. The van der Waals surface area contributed by atoms with Crippen molar-refractivity contribution >= 4 is 17.9 Å². The van der Waals surface area contributed by atoms with Gasteiger partial charge in [0.2, 0.25) is 0 Å². The fourth-order valence-corrected chi connectivity index (χ4v) is 1.71. The van der Waals surface area contributed by atoms with Gasteiger partial charge in [-0.1, -0.05) is 147 Å². The van der Waals surface area contributed by atoms with Crippen molar-refractivity contribution in [3.63, 3.8) is 0 Å². The van der Waals surface area contributed by atoms with Gasteiger partial charge in [0.15, 0.2) is 0 Å². The molecule has 0 aliphatic rings. The Balaban J connectivity index is -0.0000000449. The van der Waals surface area contributed by atoms with E-state index in [1.54, 1.807) is 19.3 Å². The molecular weight excluding hydrogens is 532 g/mol. The smallest absolute Gasteiger partial charge is 0.317 e. The van der Waals surface area contributed by atoms with Crippen molar-refractivity contribution in [3.8, 4) is 0 Å². The molecule has 8 nitrogen and oxygen atoms in total. The van der Waals surface area contributed by atoms with Gasteiger partial charge in [0, 0.05) is 18.8 Å². The molecule has 1 aromatic heterocycles. The summed E-state index contributed by atoms with van der Waals surface area (Å²) in [7, 11) is 0. The minimum Gasteiger partial charge on any atom is -0.481 e. The van der Waals surface area contributed by atoms with Crippen molar-refractivity contribution in [1.29, 1.82) is 0 Å². The standard InChI is InChI=1S/C6H11NO4.C6H6.C5H5N.C5H10O2.5C2H6.2CH4/c1-2-7(3-5(8)9)4-6(10)11;2*1-2-4-6-5-3-1;1-4(2)3-5(6)7;5*1-2;;/h2-4H2,1H3,(H,8,9)(H,10,11);1-6H;1-5H;4H,3H2,1-2H3,(H,6,7);5*1-2H3;2*1H4. The van der Waals surface area contributed by atoms with Crippen molar-refractivity contribution in [2.24, 2.45) is 5.92 Å². The number of carbonyl (C=O) groups is 3. The van der Waals surface area contributed by atoms with Gasteiger partial charge >= 0.3 is 17.9 Å². The molecule has 0 unspecified atom stereocenters. The Labute approximate surface area is 261 Å². The molecule has 1 heterocycles.